The Labute approximate surface area is 230 Å². The topological polar surface area (TPSA) is 162 Å². The summed E-state index contributed by atoms with van der Waals surface area (Å²) in [7, 11) is 0. The molecule has 2 amide bonds. The normalized spacial score (nSPS) is 26.6. The van der Waals surface area contributed by atoms with E-state index in [-0.39, 0.29) is 30.8 Å². The highest BCUT2D eigenvalue weighted by Crippen LogP contribution is 2.66. The molecule has 1 aromatic heterocycles. The molecule has 38 heavy (non-hydrogen) atoms. The van der Waals surface area contributed by atoms with E-state index < -0.39 is 53.0 Å². The molecular weight excluding hydrogens is 534 g/mol. The number of alkyl carbamates (subject to hydrolysis) is 1. The molecule has 0 saturated heterocycles. The van der Waals surface area contributed by atoms with Crippen LogP contribution in [0.1, 0.15) is 47.5 Å². The van der Waals surface area contributed by atoms with Crippen molar-refractivity contribution in [1.29, 1.82) is 0 Å². The lowest BCUT2D eigenvalue weighted by molar-refractivity contribution is -0.156. The number of carbonyl (C=O) groups is 4. The van der Waals surface area contributed by atoms with Gasteiger partial charge in [-0.2, -0.15) is 16.9 Å². The zero-order valence-corrected chi connectivity index (χ0v) is 24.2. The molecule has 0 aromatic carbocycles. The molecule has 3 rings (SSSR count). The molecule has 14 heteroatoms. The van der Waals surface area contributed by atoms with Gasteiger partial charge in [-0.15, -0.1) is 0 Å². The van der Waals surface area contributed by atoms with Crippen molar-refractivity contribution in [3.8, 4) is 0 Å². The Balaban J connectivity index is 1.90. The predicted molar refractivity (Wildman–Crippen MR) is 141 cm³/mol. The quantitative estimate of drug-likeness (QED) is 0.249. The lowest BCUT2D eigenvalue weighted by Gasteiger charge is -2.33. The third kappa shape index (κ3) is 6.93. The van der Waals surface area contributed by atoms with Crippen LogP contribution in [0.5, 0.6) is 0 Å². The fraction of sp³-hybridized carbons (Fsp3) is 0.750. The summed E-state index contributed by atoms with van der Waals surface area (Å²) < 4.78 is 16.1. The summed E-state index contributed by atoms with van der Waals surface area (Å²) in [5.41, 5.74) is -2.22. The van der Waals surface area contributed by atoms with E-state index in [2.05, 4.69) is 25.8 Å². The number of rotatable bonds is 12. The lowest BCUT2D eigenvalue weighted by Crippen LogP contribution is -2.61. The number of esters is 2. The van der Waals surface area contributed by atoms with Crippen molar-refractivity contribution < 1.29 is 33.4 Å². The number of nitrogens with one attached hydrogen (secondary N) is 3. The van der Waals surface area contributed by atoms with Gasteiger partial charge in [-0.3, -0.25) is 14.7 Å². The maximum atomic E-state index is 13.7. The molecule has 0 bridgehead atoms. The van der Waals surface area contributed by atoms with Gasteiger partial charge >= 0.3 is 18.0 Å². The van der Waals surface area contributed by atoms with Gasteiger partial charge in [0.05, 0.1) is 19.1 Å². The van der Waals surface area contributed by atoms with Crippen LogP contribution in [-0.2, 0) is 28.6 Å². The minimum absolute atomic E-state index is 0.101. The van der Waals surface area contributed by atoms with Crippen LogP contribution in [-0.4, -0.2) is 86.8 Å². The van der Waals surface area contributed by atoms with Gasteiger partial charge in [-0.25, -0.2) is 14.6 Å². The lowest BCUT2D eigenvalue weighted by atomic mass is 9.89. The highest BCUT2D eigenvalue weighted by molar-refractivity contribution is 7.99. The zero-order valence-electron chi connectivity index (χ0n) is 22.6. The molecule has 6 atom stereocenters. The Bertz CT molecular complexity index is 1000. The van der Waals surface area contributed by atoms with Crippen LogP contribution in [0.25, 0.3) is 0 Å². The van der Waals surface area contributed by atoms with Crippen molar-refractivity contribution in [1.82, 2.24) is 25.8 Å². The van der Waals surface area contributed by atoms with E-state index in [1.807, 2.05) is 6.26 Å². The fourth-order valence-electron chi connectivity index (χ4n) is 5.00. The zero-order chi connectivity index (χ0) is 28.1. The first kappa shape index (κ1) is 30.1. The van der Waals surface area contributed by atoms with E-state index in [1.54, 1.807) is 34.6 Å². The molecule has 2 saturated carbocycles. The number of ether oxygens (including phenoxy) is 3. The first-order valence-corrected chi connectivity index (χ1v) is 14.9. The molecular formula is C24H37N5O7S2. The molecule has 0 aliphatic heterocycles. The van der Waals surface area contributed by atoms with Crippen LogP contribution >= 0.6 is 23.5 Å². The molecule has 6 unspecified atom stereocenters. The highest BCUT2D eigenvalue weighted by Gasteiger charge is 2.76. The second-order valence-corrected chi connectivity index (χ2v) is 12.4. The van der Waals surface area contributed by atoms with Gasteiger partial charge in [-0.1, -0.05) is 11.8 Å². The Morgan fingerprint density at radius 1 is 1.21 bits per heavy atom. The first-order chi connectivity index (χ1) is 18.0. The van der Waals surface area contributed by atoms with Gasteiger partial charge in [-0.05, 0) is 65.4 Å². The Morgan fingerprint density at radius 2 is 1.92 bits per heavy atom. The second kappa shape index (κ2) is 12.6. The van der Waals surface area contributed by atoms with E-state index >= 15 is 0 Å². The number of nitrogens with zero attached hydrogens (tertiary/aromatic N) is 2. The molecule has 2 fully saturated rings. The van der Waals surface area contributed by atoms with E-state index in [9.17, 15) is 19.2 Å². The predicted octanol–water partition coefficient (Wildman–Crippen LogP) is 2.16. The molecule has 1 aromatic rings. The molecule has 1 heterocycles. The molecule has 12 nitrogen and oxygen atoms in total. The van der Waals surface area contributed by atoms with E-state index in [0.717, 1.165) is 0 Å². The van der Waals surface area contributed by atoms with Gasteiger partial charge in [0.25, 0.3) is 0 Å². The van der Waals surface area contributed by atoms with E-state index in [0.29, 0.717) is 17.3 Å². The number of hydrogen-bond acceptors (Lipinski definition) is 11. The summed E-state index contributed by atoms with van der Waals surface area (Å²) >= 11 is 2.88. The van der Waals surface area contributed by atoms with Crippen LogP contribution in [0.2, 0.25) is 0 Å². The maximum Gasteiger partial charge on any atom is 0.408 e. The fourth-order valence-corrected chi connectivity index (χ4v) is 6.82. The molecule has 212 valence electrons. The smallest absolute Gasteiger partial charge is 0.408 e. The summed E-state index contributed by atoms with van der Waals surface area (Å²) in [5.74, 6) is -2.34. The standard InChI is InChI=1S/C24H37N5O7S2/c1-7-34-19(31)16-15-14(38-21-25-12-26-29-21)11-24(17(15)16,20(32)35-8-2)28-18(30)13(9-10-37-6)27-22(33)36-23(3,4)5/h12-17H,7-11H2,1-6H3,(H,27,33)(H,28,30)(H,25,26,29). The molecule has 2 aliphatic carbocycles. The van der Waals surface area contributed by atoms with Gasteiger partial charge in [0.1, 0.15) is 23.5 Å². The van der Waals surface area contributed by atoms with Crippen molar-refractivity contribution in [2.45, 2.75) is 75.0 Å². The average molecular weight is 572 g/mol. The van der Waals surface area contributed by atoms with Crippen molar-refractivity contribution in [3.63, 3.8) is 0 Å². The summed E-state index contributed by atoms with van der Waals surface area (Å²) in [6, 6.07) is -0.956. The molecule has 0 spiro atoms. The number of fused-ring (bicyclic) bond motifs is 1. The van der Waals surface area contributed by atoms with Crippen LogP contribution in [0.3, 0.4) is 0 Å². The van der Waals surface area contributed by atoms with Gasteiger partial charge in [0.2, 0.25) is 5.91 Å². The van der Waals surface area contributed by atoms with Crippen LogP contribution in [0.4, 0.5) is 4.79 Å². The number of carbonyl (C=O) groups excluding carboxylic acids is 4. The summed E-state index contributed by atoms with van der Waals surface area (Å²) in [6.07, 6.45) is 3.07. The number of hydrogen-bond donors (Lipinski definition) is 3. The molecule has 3 N–H and O–H groups in total. The first-order valence-electron chi connectivity index (χ1n) is 12.6. The van der Waals surface area contributed by atoms with Crippen LogP contribution in [0, 0.1) is 17.8 Å². The highest BCUT2D eigenvalue weighted by atomic mass is 32.2. The Kier molecular flexibility index (Phi) is 9.96. The monoisotopic (exact) mass is 571 g/mol. The summed E-state index contributed by atoms with van der Waals surface area (Å²) in [4.78, 5) is 56.7. The summed E-state index contributed by atoms with van der Waals surface area (Å²) in [6.45, 7) is 8.89. The van der Waals surface area contributed by atoms with Crippen LogP contribution < -0.4 is 10.6 Å². The molecule has 0 radical (unpaired) electrons. The number of H-pyrrole nitrogens is 1. The third-order valence-electron chi connectivity index (χ3n) is 6.42. The minimum atomic E-state index is -1.47. The number of thioether (sulfide) groups is 2. The Hall–Kier alpha value is -2.48. The van der Waals surface area contributed by atoms with E-state index in [1.165, 1.54) is 29.9 Å². The maximum absolute atomic E-state index is 13.7. The average Bonchev–Trinajstić information content (AvgIpc) is 3.22. The van der Waals surface area contributed by atoms with Crippen molar-refractivity contribution in [2.75, 3.05) is 25.2 Å². The summed E-state index contributed by atoms with van der Waals surface area (Å²) in [5, 5.41) is 12.5. The number of aromatic nitrogens is 3. The number of amides is 2. The van der Waals surface area contributed by atoms with E-state index in [4.69, 9.17) is 14.2 Å². The van der Waals surface area contributed by atoms with Crippen molar-refractivity contribution >= 4 is 47.5 Å². The van der Waals surface area contributed by atoms with Gasteiger partial charge in [0, 0.05) is 11.2 Å². The number of aromatic amines is 1. The Morgan fingerprint density at radius 3 is 2.50 bits per heavy atom. The SMILES string of the molecule is CCOC(=O)C1C2C(Sc3ncn[nH]3)CC(NC(=O)C(CCSC)NC(=O)OC(C)(C)C)(C(=O)OCC)C12. The largest absolute Gasteiger partial charge is 0.466 e. The van der Waals surface area contributed by atoms with Crippen molar-refractivity contribution in [3.05, 3.63) is 6.33 Å². The minimum Gasteiger partial charge on any atom is -0.466 e. The molecule has 2 aliphatic rings. The van der Waals surface area contributed by atoms with Crippen LogP contribution in [0.15, 0.2) is 11.5 Å². The van der Waals surface area contributed by atoms with Gasteiger partial charge < -0.3 is 24.8 Å². The second-order valence-electron chi connectivity index (χ2n) is 10.2. The van der Waals surface area contributed by atoms with Gasteiger partial charge in [0.15, 0.2) is 5.16 Å². The van der Waals surface area contributed by atoms with Crippen molar-refractivity contribution in [2.24, 2.45) is 17.8 Å². The third-order valence-corrected chi connectivity index (χ3v) is 8.26.